The minimum Gasteiger partial charge on any atom is -0.378 e. The second-order valence-corrected chi connectivity index (χ2v) is 8.58. The third kappa shape index (κ3) is 5.16. The molecule has 2 atom stereocenters. The van der Waals surface area contributed by atoms with Crippen LogP contribution < -0.4 is 5.73 Å². The highest BCUT2D eigenvalue weighted by atomic mass is 19.1. The SMILES string of the molecule is NC(=O)[C@@]1(Cc2ccc(-c3ccc(F)cc3)cc2)CN(C(=O)CC[C@@H]2CCCO2)CCO1. The van der Waals surface area contributed by atoms with Gasteiger partial charge in [0.15, 0.2) is 5.60 Å². The largest absolute Gasteiger partial charge is 0.378 e. The smallest absolute Gasteiger partial charge is 0.251 e. The second kappa shape index (κ2) is 9.79. The number of nitrogens with two attached hydrogens (primary N) is 1. The molecule has 0 unspecified atom stereocenters. The number of primary amides is 1. The first-order valence-corrected chi connectivity index (χ1v) is 11.1. The monoisotopic (exact) mass is 440 g/mol. The molecule has 7 heteroatoms. The summed E-state index contributed by atoms with van der Waals surface area (Å²) >= 11 is 0. The zero-order valence-electron chi connectivity index (χ0n) is 18.1. The summed E-state index contributed by atoms with van der Waals surface area (Å²) < 4.78 is 24.7. The molecule has 2 aromatic rings. The lowest BCUT2D eigenvalue weighted by atomic mass is 9.90. The van der Waals surface area contributed by atoms with E-state index in [1.54, 1.807) is 17.0 Å². The van der Waals surface area contributed by atoms with Crippen LogP contribution in [0.3, 0.4) is 0 Å². The van der Waals surface area contributed by atoms with Crippen molar-refractivity contribution >= 4 is 11.8 Å². The number of benzene rings is 2. The molecule has 2 amide bonds. The predicted octanol–water partition coefficient (Wildman–Crippen LogP) is 3.08. The Labute approximate surface area is 187 Å². The maximum absolute atomic E-state index is 13.2. The van der Waals surface area contributed by atoms with E-state index in [0.29, 0.717) is 19.4 Å². The van der Waals surface area contributed by atoms with Gasteiger partial charge in [0.2, 0.25) is 5.91 Å². The molecule has 0 radical (unpaired) electrons. The van der Waals surface area contributed by atoms with Crippen LogP contribution in [-0.2, 0) is 25.5 Å². The zero-order chi connectivity index (χ0) is 22.6. The predicted molar refractivity (Wildman–Crippen MR) is 118 cm³/mol. The molecule has 4 rings (SSSR count). The molecular formula is C25H29FN2O4. The Morgan fingerprint density at radius 2 is 1.75 bits per heavy atom. The van der Waals surface area contributed by atoms with Crippen LogP contribution in [0.5, 0.6) is 0 Å². The summed E-state index contributed by atoms with van der Waals surface area (Å²) in [4.78, 5) is 26.9. The molecule has 0 aliphatic carbocycles. The Bertz CT molecular complexity index is 941. The van der Waals surface area contributed by atoms with Crippen LogP contribution in [0.15, 0.2) is 48.5 Å². The van der Waals surface area contributed by atoms with E-state index >= 15 is 0 Å². The molecule has 2 aliphatic heterocycles. The number of halogens is 1. The van der Waals surface area contributed by atoms with Crippen molar-refractivity contribution in [1.82, 2.24) is 4.90 Å². The van der Waals surface area contributed by atoms with E-state index in [2.05, 4.69) is 0 Å². The molecule has 0 bridgehead atoms. The van der Waals surface area contributed by atoms with Crippen LogP contribution in [0.2, 0.25) is 0 Å². The standard InChI is InChI=1S/C25H29FN2O4/c26-21-9-7-20(8-10-21)19-5-3-18(4-6-19)16-25(24(27)30)17-28(13-15-32-25)23(29)12-11-22-2-1-14-31-22/h3-10,22H,1-2,11-17H2,(H2,27,30)/t22-,25+/m0/s1. The van der Waals surface area contributed by atoms with Crippen molar-refractivity contribution in [3.05, 3.63) is 59.9 Å². The van der Waals surface area contributed by atoms with Crippen molar-refractivity contribution in [3.8, 4) is 11.1 Å². The average Bonchev–Trinajstić information content (AvgIpc) is 3.32. The van der Waals surface area contributed by atoms with E-state index in [4.69, 9.17) is 15.2 Å². The molecular weight excluding hydrogens is 411 g/mol. The summed E-state index contributed by atoms with van der Waals surface area (Å²) in [5.41, 5.74) is 7.23. The number of hydrogen-bond donors (Lipinski definition) is 1. The Morgan fingerprint density at radius 1 is 1.06 bits per heavy atom. The van der Waals surface area contributed by atoms with Crippen molar-refractivity contribution in [2.45, 2.75) is 43.8 Å². The first-order chi connectivity index (χ1) is 15.4. The van der Waals surface area contributed by atoms with Gasteiger partial charge in [0, 0.05) is 26.0 Å². The van der Waals surface area contributed by atoms with Gasteiger partial charge in [-0.05, 0) is 48.1 Å². The fourth-order valence-electron chi connectivity index (χ4n) is 4.44. The Kier molecular flexibility index (Phi) is 6.86. The molecule has 32 heavy (non-hydrogen) atoms. The Hall–Kier alpha value is -2.77. The maximum atomic E-state index is 13.2. The van der Waals surface area contributed by atoms with Crippen LogP contribution >= 0.6 is 0 Å². The van der Waals surface area contributed by atoms with Gasteiger partial charge in [-0.15, -0.1) is 0 Å². The van der Waals surface area contributed by atoms with E-state index in [1.165, 1.54) is 12.1 Å². The van der Waals surface area contributed by atoms with Gasteiger partial charge in [0.1, 0.15) is 5.82 Å². The van der Waals surface area contributed by atoms with Crippen molar-refractivity contribution in [2.75, 3.05) is 26.3 Å². The summed E-state index contributed by atoms with van der Waals surface area (Å²) in [5.74, 6) is -0.851. The molecule has 2 aliphatic rings. The van der Waals surface area contributed by atoms with Crippen molar-refractivity contribution in [1.29, 1.82) is 0 Å². The van der Waals surface area contributed by atoms with E-state index in [9.17, 15) is 14.0 Å². The lowest BCUT2D eigenvalue weighted by Gasteiger charge is -2.41. The van der Waals surface area contributed by atoms with Crippen LogP contribution in [0.1, 0.15) is 31.2 Å². The number of amides is 2. The fraction of sp³-hybridized carbons (Fsp3) is 0.440. The van der Waals surface area contributed by atoms with Gasteiger partial charge in [0.25, 0.3) is 5.91 Å². The van der Waals surface area contributed by atoms with E-state index < -0.39 is 11.5 Å². The van der Waals surface area contributed by atoms with Crippen molar-refractivity contribution in [2.24, 2.45) is 5.73 Å². The van der Waals surface area contributed by atoms with Gasteiger partial charge < -0.3 is 20.1 Å². The highest BCUT2D eigenvalue weighted by molar-refractivity contribution is 5.86. The van der Waals surface area contributed by atoms with Crippen molar-refractivity contribution < 1.29 is 23.5 Å². The maximum Gasteiger partial charge on any atom is 0.251 e. The molecule has 2 saturated heterocycles. The third-order valence-electron chi connectivity index (χ3n) is 6.31. The number of ether oxygens (including phenoxy) is 2. The lowest BCUT2D eigenvalue weighted by Crippen LogP contribution is -2.61. The average molecular weight is 441 g/mol. The molecule has 0 saturated carbocycles. The number of carbonyl (C=O) groups is 2. The summed E-state index contributed by atoms with van der Waals surface area (Å²) in [5, 5.41) is 0. The van der Waals surface area contributed by atoms with Crippen LogP contribution in [0.4, 0.5) is 4.39 Å². The summed E-state index contributed by atoms with van der Waals surface area (Å²) in [6.07, 6.45) is 3.56. The van der Waals surface area contributed by atoms with E-state index in [-0.39, 0.29) is 37.4 Å². The molecule has 6 nitrogen and oxygen atoms in total. The van der Waals surface area contributed by atoms with Crippen LogP contribution in [0, 0.1) is 5.82 Å². The summed E-state index contributed by atoms with van der Waals surface area (Å²) in [7, 11) is 0. The molecule has 2 heterocycles. The first kappa shape index (κ1) is 22.4. The van der Waals surface area contributed by atoms with Gasteiger partial charge in [-0.2, -0.15) is 0 Å². The number of hydrogen-bond acceptors (Lipinski definition) is 4. The van der Waals surface area contributed by atoms with Gasteiger partial charge >= 0.3 is 0 Å². The number of nitrogens with zero attached hydrogens (tertiary/aromatic N) is 1. The summed E-state index contributed by atoms with van der Waals surface area (Å²) in [6, 6.07) is 13.9. The van der Waals surface area contributed by atoms with E-state index in [1.807, 2.05) is 24.3 Å². The summed E-state index contributed by atoms with van der Waals surface area (Å²) in [6.45, 7) is 1.62. The Balaban J connectivity index is 1.42. The number of rotatable bonds is 7. The fourth-order valence-corrected chi connectivity index (χ4v) is 4.44. The molecule has 2 N–H and O–H groups in total. The van der Waals surface area contributed by atoms with Crippen LogP contribution in [0.25, 0.3) is 11.1 Å². The van der Waals surface area contributed by atoms with Gasteiger partial charge in [0.05, 0.1) is 19.3 Å². The highest BCUT2D eigenvalue weighted by Gasteiger charge is 2.43. The Morgan fingerprint density at radius 3 is 2.38 bits per heavy atom. The second-order valence-electron chi connectivity index (χ2n) is 8.58. The lowest BCUT2D eigenvalue weighted by molar-refractivity contribution is -0.163. The number of morpholine rings is 1. The minimum absolute atomic E-state index is 0.00100. The normalized spacial score (nSPS) is 23.3. The third-order valence-corrected chi connectivity index (χ3v) is 6.31. The minimum atomic E-state index is -1.25. The topological polar surface area (TPSA) is 81.9 Å². The van der Waals surface area contributed by atoms with Crippen molar-refractivity contribution in [3.63, 3.8) is 0 Å². The first-order valence-electron chi connectivity index (χ1n) is 11.1. The highest BCUT2D eigenvalue weighted by Crippen LogP contribution is 2.27. The van der Waals surface area contributed by atoms with Crippen LogP contribution in [-0.4, -0.2) is 54.7 Å². The zero-order valence-corrected chi connectivity index (χ0v) is 18.1. The molecule has 2 aromatic carbocycles. The van der Waals surface area contributed by atoms with E-state index in [0.717, 1.165) is 36.1 Å². The van der Waals surface area contributed by atoms with Gasteiger partial charge in [-0.3, -0.25) is 9.59 Å². The molecule has 0 aromatic heterocycles. The number of carbonyl (C=O) groups excluding carboxylic acids is 2. The molecule has 170 valence electrons. The van der Waals surface area contributed by atoms with Gasteiger partial charge in [-0.25, -0.2) is 4.39 Å². The quantitative estimate of drug-likeness (QED) is 0.717. The molecule has 2 fully saturated rings. The molecule has 0 spiro atoms. The van der Waals surface area contributed by atoms with Gasteiger partial charge in [-0.1, -0.05) is 36.4 Å².